The van der Waals surface area contributed by atoms with E-state index >= 15 is 0 Å². The van der Waals surface area contributed by atoms with E-state index in [0.29, 0.717) is 10.9 Å². The highest BCUT2D eigenvalue weighted by Crippen LogP contribution is 2.29. The molecule has 4 nitrogen and oxygen atoms in total. The van der Waals surface area contributed by atoms with Crippen molar-refractivity contribution in [1.82, 2.24) is 0 Å². The molecule has 0 aliphatic rings. The summed E-state index contributed by atoms with van der Waals surface area (Å²) in [5.74, 6) is -1.19. The van der Waals surface area contributed by atoms with Gasteiger partial charge in [-0.05, 0) is 30.5 Å². The molecule has 1 N–H and O–H groups in total. The number of ketones is 1. The summed E-state index contributed by atoms with van der Waals surface area (Å²) in [7, 11) is 0. The summed E-state index contributed by atoms with van der Waals surface area (Å²) in [6, 6.07) is 17.2. The fourth-order valence-corrected chi connectivity index (χ4v) is 2.81. The van der Waals surface area contributed by atoms with E-state index in [0.717, 1.165) is 9.86 Å². The molecule has 0 spiro atoms. The first-order chi connectivity index (χ1) is 12.0. The zero-order chi connectivity index (χ0) is 18.0. The molecular formula is C20H15BrO4. The van der Waals surface area contributed by atoms with E-state index in [2.05, 4.69) is 15.9 Å². The first kappa shape index (κ1) is 17.2. The number of Topliss-reactive ketones (excluding diaryl/α,β-unsaturated/α-hetero) is 1. The number of hydrogen-bond donors (Lipinski definition) is 1. The molecule has 0 heterocycles. The molecule has 1 atom stereocenters. The maximum atomic E-state index is 12.4. The van der Waals surface area contributed by atoms with Crippen molar-refractivity contribution in [3.63, 3.8) is 0 Å². The number of aromatic hydroxyl groups is 1. The molecule has 0 aliphatic heterocycles. The molecule has 5 heteroatoms. The molecule has 0 aliphatic carbocycles. The standard InChI is InChI=1S/C20H15BrO4/c1-12(18(22)14-6-9-15(21)10-7-14)25-20(24)17-11-8-13-4-2-3-5-16(13)19(17)23/h2-12,23H,1H3/t12-/m0/s1. The van der Waals surface area contributed by atoms with Crippen molar-refractivity contribution in [1.29, 1.82) is 0 Å². The molecule has 126 valence electrons. The van der Waals surface area contributed by atoms with Gasteiger partial charge in [0.1, 0.15) is 11.3 Å². The Balaban J connectivity index is 1.81. The van der Waals surface area contributed by atoms with Crippen molar-refractivity contribution in [3.05, 3.63) is 76.3 Å². The summed E-state index contributed by atoms with van der Waals surface area (Å²) in [5.41, 5.74) is 0.486. The third-order valence-corrected chi connectivity index (χ3v) is 4.43. The van der Waals surface area contributed by atoms with Crippen LogP contribution in [0.15, 0.2) is 65.1 Å². The average molecular weight is 399 g/mol. The Morgan fingerprint density at radius 2 is 1.68 bits per heavy atom. The molecular weight excluding hydrogens is 384 g/mol. The van der Waals surface area contributed by atoms with Crippen LogP contribution in [0.4, 0.5) is 0 Å². The Bertz CT molecular complexity index is 948. The monoisotopic (exact) mass is 398 g/mol. The fraction of sp³-hybridized carbons (Fsp3) is 0.100. The van der Waals surface area contributed by atoms with Gasteiger partial charge in [-0.25, -0.2) is 4.79 Å². The van der Waals surface area contributed by atoms with Crippen LogP contribution in [-0.4, -0.2) is 23.0 Å². The number of phenolic OH excluding ortho intramolecular Hbond substituents is 1. The second kappa shape index (κ2) is 7.07. The number of fused-ring (bicyclic) bond motifs is 1. The van der Waals surface area contributed by atoms with Gasteiger partial charge in [-0.15, -0.1) is 0 Å². The van der Waals surface area contributed by atoms with Crippen LogP contribution in [-0.2, 0) is 4.74 Å². The Kier molecular flexibility index (Phi) is 4.86. The van der Waals surface area contributed by atoms with E-state index in [1.165, 1.54) is 13.0 Å². The summed E-state index contributed by atoms with van der Waals surface area (Å²) in [5, 5.41) is 11.7. The van der Waals surface area contributed by atoms with Crippen LogP contribution in [0, 0.1) is 0 Å². The molecule has 0 saturated heterocycles. The molecule has 0 fully saturated rings. The van der Waals surface area contributed by atoms with Gasteiger partial charge < -0.3 is 9.84 Å². The molecule has 0 radical (unpaired) electrons. The van der Waals surface area contributed by atoms with E-state index < -0.39 is 12.1 Å². The van der Waals surface area contributed by atoms with Crippen LogP contribution in [0.3, 0.4) is 0 Å². The number of phenols is 1. The molecule has 0 aromatic heterocycles. The molecule has 0 unspecified atom stereocenters. The van der Waals surface area contributed by atoms with Gasteiger partial charge in [0, 0.05) is 15.4 Å². The van der Waals surface area contributed by atoms with Crippen molar-refractivity contribution in [3.8, 4) is 5.75 Å². The van der Waals surface area contributed by atoms with Crippen molar-refractivity contribution in [2.75, 3.05) is 0 Å². The van der Waals surface area contributed by atoms with Crippen LogP contribution >= 0.6 is 15.9 Å². The summed E-state index contributed by atoms with van der Waals surface area (Å²) in [6.45, 7) is 1.51. The zero-order valence-corrected chi connectivity index (χ0v) is 15.0. The Hall–Kier alpha value is -2.66. The number of benzene rings is 3. The van der Waals surface area contributed by atoms with Crippen LogP contribution in [0.5, 0.6) is 5.75 Å². The summed E-state index contributed by atoms with van der Waals surface area (Å²) < 4.78 is 6.11. The van der Waals surface area contributed by atoms with Gasteiger partial charge >= 0.3 is 5.97 Å². The molecule has 3 rings (SSSR count). The highest BCUT2D eigenvalue weighted by Gasteiger charge is 2.22. The third-order valence-electron chi connectivity index (χ3n) is 3.90. The van der Waals surface area contributed by atoms with E-state index in [1.807, 2.05) is 12.1 Å². The predicted molar refractivity (Wildman–Crippen MR) is 99.0 cm³/mol. The van der Waals surface area contributed by atoms with Crippen LogP contribution in [0.25, 0.3) is 10.8 Å². The van der Waals surface area contributed by atoms with Gasteiger partial charge in [-0.1, -0.05) is 58.4 Å². The average Bonchev–Trinajstić information content (AvgIpc) is 2.62. The van der Waals surface area contributed by atoms with Crippen LogP contribution < -0.4 is 0 Å². The van der Waals surface area contributed by atoms with Gasteiger partial charge in [0.2, 0.25) is 5.78 Å². The van der Waals surface area contributed by atoms with E-state index in [9.17, 15) is 14.7 Å². The lowest BCUT2D eigenvalue weighted by molar-refractivity contribution is 0.0316. The lowest BCUT2D eigenvalue weighted by atomic mass is 10.0. The van der Waals surface area contributed by atoms with Crippen molar-refractivity contribution >= 4 is 38.5 Å². The van der Waals surface area contributed by atoms with E-state index in [4.69, 9.17) is 4.74 Å². The maximum absolute atomic E-state index is 12.4. The van der Waals surface area contributed by atoms with Crippen molar-refractivity contribution in [2.24, 2.45) is 0 Å². The lowest BCUT2D eigenvalue weighted by Crippen LogP contribution is -2.24. The zero-order valence-electron chi connectivity index (χ0n) is 13.4. The van der Waals surface area contributed by atoms with Crippen molar-refractivity contribution in [2.45, 2.75) is 13.0 Å². The first-order valence-electron chi connectivity index (χ1n) is 7.69. The largest absolute Gasteiger partial charge is 0.506 e. The van der Waals surface area contributed by atoms with Crippen LogP contribution in [0.2, 0.25) is 0 Å². The summed E-state index contributed by atoms with van der Waals surface area (Å²) in [6.07, 6.45) is -0.959. The number of carbonyl (C=O) groups excluding carboxylic acids is 2. The SMILES string of the molecule is C[C@H](OC(=O)c1ccc2ccccc2c1O)C(=O)c1ccc(Br)cc1. The first-order valence-corrected chi connectivity index (χ1v) is 8.48. The molecule has 0 amide bonds. The predicted octanol–water partition coefficient (Wildman–Crippen LogP) is 4.74. The van der Waals surface area contributed by atoms with E-state index in [-0.39, 0.29) is 17.1 Å². The van der Waals surface area contributed by atoms with Gasteiger partial charge in [-0.2, -0.15) is 0 Å². The second-order valence-electron chi connectivity index (χ2n) is 5.60. The summed E-state index contributed by atoms with van der Waals surface area (Å²) in [4.78, 5) is 24.7. The minimum Gasteiger partial charge on any atom is -0.506 e. The number of esters is 1. The molecule has 25 heavy (non-hydrogen) atoms. The third kappa shape index (κ3) is 3.56. The minimum absolute atomic E-state index is 0.0363. The lowest BCUT2D eigenvalue weighted by Gasteiger charge is -2.14. The second-order valence-corrected chi connectivity index (χ2v) is 6.52. The molecule has 0 bridgehead atoms. The number of halogens is 1. The maximum Gasteiger partial charge on any atom is 0.342 e. The number of ether oxygens (including phenoxy) is 1. The summed E-state index contributed by atoms with van der Waals surface area (Å²) >= 11 is 3.31. The Morgan fingerprint density at radius 1 is 1.00 bits per heavy atom. The van der Waals surface area contributed by atoms with Gasteiger partial charge in [-0.3, -0.25) is 4.79 Å². The number of carbonyl (C=O) groups is 2. The normalized spacial score (nSPS) is 11.9. The molecule has 3 aromatic rings. The highest BCUT2D eigenvalue weighted by atomic mass is 79.9. The fourth-order valence-electron chi connectivity index (χ4n) is 2.55. The quantitative estimate of drug-likeness (QED) is 0.509. The van der Waals surface area contributed by atoms with Gasteiger partial charge in [0.25, 0.3) is 0 Å². The Morgan fingerprint density at radius 3 is 2.40 bits per heavy atom. The number of hydrogen-bond acceptors (Lipinski definition) is 4. The van der Waals surface area contributed by atoms with E-state index in [1.54, 1.807) is 42.5 Å². The van der Waals surface area contributed by atoms with Crippen LogP contribution in [0.1, 0.15) is 27.6 Å². The minimum atomic E-state index is -0.959. The molecule has 3 aromatic carbocycles. The van der Waals surface area contributed by atoms with Crippen molar-refractivity contribution < 1.29 is 19.4 Å². The highest BCUT2D eigenvalue weighted by molar-refractivity contribution is 9.10. The number of rotatable bonds is 4. The molecule has 0 saturated carbocycles. The van der Waals surface area contributed by atoms with Gasteiger partial charge in [0.15, 0.2) is 6.10 Å². The topological polar surface area (TPSA) is 63.6 Å². The van der Waals surface area contributed by atoms with Gasteiger partial charge in [0.05, 0.1) is 0 Å². The Labute approximate surface area is 153 Å². The smallest absolute Gasteiger partial charge is 0.342 e.